The highest BCUT2D eigenvalue weighted by molar-refractivity contribution is 5.72. The minimum absolute atomic E-state index is 0.243. The summed E-state index contributed by atoms with van der Waals surface area (Å²) in [5.41, 5.74) is 5.15. The van der Waals surface area contributed by atoms with Gasteiger partial charge in [-0.3, -0.25) is 4.98 Å². The molecule has 176 valence electrons. The minimum Gasteiger partial charge on any atom is -0.496 e. The number of nitrogens with zero attached hydrogens (tertiary/aromatic N) is 2. The second-order valence-corrected chi connectivity index (χ2v) is 7.84. The van der Waals surface area contributed by atoms with E-state index in [-0.39, 0.29) is 6.61 Å². The van der Waals surface area contributed by atoms with E-state index in [2.05, 4.69) is 16.4 Å². The Morgan fingerprint density at radius 1 is 0.857 bits per heavy atom. The molecule has 0 unspecified atom stereocenters. The predicted molar refractivity (Wildman–Crippen MR) is 135 cm³/mol. The standard InChI is InChI=1S/C29H27N3O3/c1-33-28-15-24(16-29(34-2)27(28)19-31-18-23-12-6-7-14-32-23)35-20-22-11-8-13-25(26(22)17-30)21-9-4-3-5-10-21/h3-16,31H,18-20H2,1-2H3. The third kappa shape index (κ3) is 5.78. The molecule has 0 spiro atoms. The molecule has 6 heteroatoms. The summed E-state index contributed by atoms with van der Waals surface area (Å²) in [6.45, 7) is 1.41. The SMILES string of the molecule is COc1cc(OCc2cccc(-c3ccccc3)c2C#N)cc(OC)c1CNCc1ccccn1. The Bertz CT molecular complexity index is 1280. The normalized spacial score (nSPS) is 10.4. The second kappa shape index (κ2) is 11.7. The van der Waals surface area contributed by atoms with E-state index in [0.717, 1.165) is 27.9 Å². The van der Waals surface area contributed by atoms with Crippen molar-refractivity contribution in [3.8, 4) is 34.4 Å². The summed E-state index contributed by atoms with van der Waals surface area (Å²) < 4.78 is 17.4. The van der Waals surface area contributed by atoms with Gasteiger partial charge in [0, 0.05) is 37.0 Å². The number of hydrogen-bond donors (Lipinski definition) is 1. The van der Waals surface area contributed by atoms with Crippen molar-refractivity contribution in [3.05, 3.63) is 107 Å². The monoisotopic (exact) mass is 465 g/mol. The molecule has 0 radical (unpaired) electrons. The molecule has 0 fully saturated rings. The zero-order valence-corrected chi connectivity index (χ0v) is 19.8. The molecule has 0 saturated heterocycles. The molecule has 0 bridgehead atoms. The fourth-order valence-electron chi connectivity index (χ4n) is 3.91. The van der Waals surface area contributed by atoms with Crippen LogP contribution in [0.25, 0.3) is 11.1 Å². The lowest BCUT2D eigenvalue weighted by molar-refractivity contribution is 0.299. The largest absolute Gasteiger partial charge is 0.496 e. The molecule has 3 aromatic carbocycles. The Morgan fingerprint density at radius 2 is 1.60 bits per heavy atom. The molecule has 4 aromatic rings. The molecule has 0 aliphatic carbocycles. The molecule has 4 rings (SSSR count). The van der Waals surface area contributed by atoms with Crippen LogP contribution in [0, 0.1) is 11.3 Å². The average molecular weight is 466 g/mol. The van der Waals surface area contributed by atoms with Gasteiger partial charge in [-0.05, 0) is 23.3 Å². The lowest BCUT2D eigenvalue weighted by Crippen LogP contribution is -2.15. The van der Waals surface area contributed by atoms with Crippen molar-refractivity contribution in [2.24, 2.45) is 0 Å². The maximum absolute atomic E-state index is 9.87. The van der Waals surface area contributed by atoms with Crippen LogP contribution in [0.4, 0.5) is 0 Å². The molecule has 1 N–H and O–H groups in total. The van der Waals surface area contributed by atoms with Gasteiger partial charge in [-0.15, -0.1) is 0 Å². The number of hydrogen-bond acceptors (Lipinski definition) is 6. The first-order chi connectivity index (χ1) is 17.2. The first-order valence-electron chi connectivity index (χ1n) is 11.3. The zero-order chi connectivity index (χ0) is 24.5. The quantitative estimate of drug-likeness (QED) is 0.333. The third-order valence-electron chi connectivity index (χ3n) is 5.66. The van der Waals surface area contributed by atoms with E-state index in [1.54, 1.807) is 20.4 Å². The van der Waals surface area contributed by atoms with E-state index < -0.39 is 0 Å². The maximum Gasteiger partial charge on any atom is 0.130 e. The van der Waals surface area contributed by atoms with Crippen LogP contribution in [0.5, 0.6) is 17.2 Å². The van der Waals surface area contributed by atoms with Crippen LogP contribution < -0.4 is 19.5 Å². The highest BCUT2D eigenvalue weighted by Crippen LogP contribution is 2.35. The van der Waals surface area contributed by atoms with Crippen molar-refractivity contribution in [1.29, 1.82) is 5.26 Å². The molecule has 0 atom stereocenters. The Balaban J connectivity index is 1.52. The first-order valence-corrected chi connectivity index (χ1v) is 11.3. The summed E-state index contributed by atoms with van der Waals surface area (Å²) in [4.78, 5) is 4.33. The van der Waals surface area contributed by atoms with Crippen molar-refractivity contribution < 1.29 is 14.2 Å². The number of nitrogens with one attached hydrogen (secondary N) is 1. The Labute approximate surface area is 205 Å². The van der Waals surface area contributed by atoms with Crippen LogP contribution in [0.1, 0.15) is 22.4 Å². The van der Waals surface area contributed by atoms with E-state index >= 15 is 0 Å². The van der Waals surface area contributed by atoms with Crippen LogP contribution in [-0.4, -0.2) is 19.2 Å². The van der Waals surface area contributed by atoms with E-state index in [1.807, 2.05) is 78.9 Å². The zero-order valence-electron chi connectivity index (χ0n) is 19.8. The number of ether oxygens (including phenoxy) is 3. The van der Waals surface area contributed by atoms with Gasteiger partial charge in [0.15, 0.2) is 0 Å². The molecule has 35 heavy (non-hydrogen) atoms. The van der Waals surface area contributed by atoms with Gasteiger partial charge in [-0.2, -0.15) is 5.26 Å². The summed E-state index contributed by atoms with van der Waals surface area (Å²) in [6.07, 6.45) is 1.78. The fourth-order valence-corrected chi connectivity index (χ4v) is 3.91. The Morgan fingerprint density at radius 3 is 2.26 bits per heavy atom. The van der Waals surface area contributed by atoms with Crippen LogP contribution in [0.2, 0.25) is 0 Å². The van der Waals surface area contributed by atoms with Gasteiger partial charge in [-0.25, -0.2) is 0 Å². The average Bonchev–Trinajstić information content (AvgIpc) is 2.92. The molecule has 1 heterocycles. The Hall–Kier alpha value is -4.34. The molecule has 0 aliphatic heterocycles. The number of pyridine rings is 1. The number of nitriles is 1. The third-order valence-corrected chi connectivity index (χ3v) is 5.66. The van der Waals surface area contributed by atoms with Crippen LogP contribution in [0.3, 0.4) is 0 Å². The molecular formula is C29H27N3O3. The van der Waals surface area contributed by atoms with Crippen molar-refractivity contribution in [1.82, 2.24) is 10.3 Å². The van der Waals surface area contributed by atoms with Gasteiger partial charge < -0.3 is 19.5 Å². The summed E-state index contributed by atoms with van der Waals surface area (Å²) in [7, 11) is 3.25. The van der Waals surface area contributed by atoms with Crippen molar-refractivity contribution in [2.75, 3.05) is 14.2 Å². The predicted octanol–water partition coefficient (Wildman–Crippen LogP) is 5.51. The van der Waals surface area contributed by atoms with E-state index in [0.29, 0.717) is 35.9 Å². The van der Waals surface area contributed by atoms with Crippen LogP contribution in [-0.2, 0) is 19.7 Å². The summed E-state index contributed by atoms with van der Waals surface area (Å²) >= 11 is 0. The van der Waals surface area contributed by atoms with Gasteiger partial charge in [-0.1, -0.05) is 54.6 Å². The van der Waals surface area contributed by atoms with Gasteiger partial charge in [0.1, 0.15) is 29.9 Å². The smallest absolute Gasteiger partial charge is 0.130 e. The second-order valence-electron chi connectivity index (χ2n) is 7.84. The number of benzene rings is 3. The van der Waals surface area contributed by atoms with Crippen molar-refractivity contribution in [3.63, 3.8) is 0 Å². The van der Waals surface area contributed by atoms with Gasteiger partial charge in [0.05, 0.1) is 31.0 Å². The summed E-state index contributed by atoms with van der Waals surface area (Å²) in [6, 6.07) is 27.5. The topological polar surface area (TPSA) is 76.4 Å². The van der Waals surface area contributed by atoms with Crippen molar-refractivity contribution in [2.45, 2.75) is 19.7 Å². The molecule has 6 nitrogen and oxygen atoms in total. The molecule has 0 saturated carbocycles. The lowest BCUT2D eigenvalue weighted by atomic mass is 9.96. The van der Waals surface area contributed by atoms with E-state index in [9.17, 15) is 5.26 Å². The number of methoxy groups -OCH3 is 2. The van der Waals surface area contributed by atoms with Gasteiger partial charge in [0.25, 0.3) is 0 Å². The van der Waals surface area contributed by atoms with Gasteiger partial charge in [0.2, 0.25) is 0 Å². The molecule has 0 amide bonds. The van der Waals surface area contributed by atoms with Crippen molar-refractivity contribution >= 4 is 0 Å². The Kier molecular flexibility index (Phi) is 7.95. The minimum atomic E-state index is 0.243. The molecule has 0 aliphatic rings. The maximum atomic E-state index is 9.87. The first kappa shape index (κ1) is 23.8. The molecule has 1 aromatic heterocycles. The highest BCUT2D eigenvalue weighted by atomic mass is 16.5. The van der Waals surface area contributed by atoms with Gasteiger partial charge >= 0.3 is 0 Å². The lowest BCUT2D eigenvalue weighted by Gasteiger charge is -2.17. The summed E-state index contributed by atoms with van der Waals surface area (Å²) in [5.74, 6) is 1.92. The van der Waals surface area contributed by atoms with Crippen LogP contribution in [0.15, 0.2) is 85.1 Å². The number of aromatic nitrogens is 1. The molecular weight excluding hydrogens is 438 g/mol. The van der Waals surface area contributed by atoms with E-state index in [4.69, 9.17) is 14.2 Å². The fraction of sp³-hybridized carbons (Fsp3) is 0.172. The van der Waals surface area contributed by atoms with Crippen LogP contribution >= 0.6 is 0 Å². The summed E-state index contributed by atoms with van der Waals surface area (Å²) in [5, 5.41) is 13.2. The van der Waals surface area contributed by atoms with E-state index in [1.165, 1.54) is 0 Å². The highest BCUT2D eigenvalue weighted by Gasteiger charge is 2.15. The number of rotatable bonds is 10.